The van der Waals surface area contributed by atoms with E-state index < -0.39 is 12.0 Å². The fourth-order valence-corrected chi connectivity index (χ4v) is 1.58. The first-order valence-corrected chi connectivity index (χ1v) is 6.37. The second-order valence-electron chi connectivity index (χ2n) is 4.15. The number of benzene rings is 1. The Hall–Kier alpha value is -2.24. The molecule has 0 saturated carbocycles. The van der Waals surface area contributed by atoms with E-state index in [4.69, 9.17) is 9.47 Å². The number of rotatable bonds is 6. The number of carbonyl (C=O) groups is 2. The molecule has 0 aliphatic rings. The summed E-state index contributed by atoms with van der Waals surface area (Å²) < 4.78 is 9.91. The summed E-state index contributed by atoms with van der Waals surface area (Å²) in [6.07, 6.45) is 0. The van der Waals surface area contributed by atoms with Gasteiger partial charge in [0.25, 0.3) is 0 Å². The molecule has 1 rings (SSSR count). The maximum absolute atomic E-state index is 11.5. The molecule has 0 heterocycles. The van der Waals surface area contributed by atoms with E-state index in [2.05, 4.69) is 10.6 Å². The lowest BCUT2D eigenvalue weighted by Gasteiger charge is -2.09. The van der Waals surface area contributed by atoms with Crippen LogP contribution < -0.4 is 15.4 Å². The highest BCUT2D eigenvalue weighted by atomic mass is 16.5. The molecule has 0 bridgehead atoms. The molecule has 0 spiro atoms. The van der Waals surface area contributed by atoms with Crippen molar-refractivity contribution in [3.63, 3.8) is 0 Å². The number of hydrogen-bond donors (Lipinski definition) is 2. The molecule has 1 aromatic carbocycles. The topological polar surface area (TPSA) is 76.7 Å². The van der Waals surface area contributed by atoms with Gasteiger partial charge in [-0.05, 0) is 31.0 Å². The summed E-state index contributed by atoms with van der Waals surface area (Å²) in [5, 5.41) is 5.08. The molecule has 2 amide bonds. The Kier molecular flexibility index (Phi) is 6.36. The van der Waals surface area contributed by atoms with Crippen molar-refractivity contribution in [1.82, 2.24) is 10.6 Å². The summed E-state index contributed by atoms with van der Waals surface area (Å²) in [6.45, 7) is 4.17. The average Bonchev–Trinajstić information content (AvgIpc) is 2.44. The van der Waals surface area contributed by atoms with Crippen LogP contribution >= 0.6 is 0 Å². The van der Waals surface area contributed by atoms with Crippen molar-refractivity contribution < 1.29 is 19.1 Å². The molecule has 6 heteroatoms. The van der Waals surface area contributed by atoms with Crippen molar-refractivity contribution in [1.29, 1.82) is 0 Å². The Morgan fingerprint density at radius 3 is 2.65 bits per heavy atom. The second kappa shape index (κ2) is 8.04. The van der Waals surface area contributed by atoms with E-state index in [9.17, 15) is 9.59 Å². The quantitative estimate of drug-likeness (QED) is 0.772. The Balaban J connectivity index is 2.39. The number of amides is 2. The van der Waals surface area contributed by atoms with Gasteiger partial charge in [0.15, 0.2) is 0 Å². The SMILES string of the molecule is CCOC(=O)CNC(=O)NCc1ccc(C)c(OC)c1. The van der Waals surface area contributed by atoms with Crippen molar-refractivity contribution in [2.75, 3.05) is 20.3 Å². The van der Waals surface area contributed by atoms with Crippen LogP contribution in [0.3, 0.4) is 0 Å². The lowest BCUT2D eigenvalue weighted by Crippen LogP contribution is -2.38. The summed E-state index contributed by atoms with van der Waals surface area (Å²) in [5.74, 6) is 0.316. The zero-order chi connectivity index (χ0) is 15.0. The normalized spacial score (nSPS) is 9.75. The third kappa shape index (κ3) is 5.17. The maximum atomic E-state index is 11.5. The summed E-state index contributed by atoms with van der Waals surface area (Å²) in [4.78, 5) is 22.5. The first-order valence-electron chi connectivity index (χ1n) is 6.37. The van der Waals surface area contributed by atoms with E-state index in [0.717, 1.165) is 16.9 Å². The molecular weight excluding hydrogens is 260 g/mol. The van der Waals surface area contributed by atoms with Crippen molar-refractivity contribution in [3.8, 4) is 5.75 Å². The predicted octanol–water partition coefficient (Wildman–Crippen LogP) is 1.37. The largest absolute Gasteiger partial charge is 0.496 e. The summed E-state index contributed by atoms with van der Waals surface area (Å²) in [6, 6.07) is 5.27. The molecule has 0 aliphatic carbocycles. The Morgan fingerprint density at radius 2 is 2.00 bits per heavy atom. The van der Waals surface area contributed by atoms with Crippen molar-refractivity contribution in [3.05, 3.63) is 29.3 Å². The molecule has 0 unspecified atom stereocenters. The number of aryl methyl sites for hydroxylation is 1. The van der Waals surface area contributed by atoms with E-state index >= 15 is 0 Å². The van der Waals surface area contributed by atoms with Crippen molar-refractivity contribution >= 4 is 12.0 Å². The van der Waals surface area contributed by atoms with E-state index in [1.54, 1.807) is 14.0 Å². The predicted molar refractivity (Wildman–Crippen MR) is 74.6 cm³/mol. The number of ether oxygens (including phenoxy) is 2. The smallest absolute Gasteiger partial charge is 0.325 e. The number of esters is 1. The van der Waals surface area contributed by atoms with Gasteiger partial charge in [-0.1, -0.05) is 12.1 Å². The summed E-state index contributed by atoms with van der Waals surface area (Å²) in [5.41, 5.74) is 1.95. The molecule has 0 fully saturated rings. The Labute approximate surface area is 118 Å². The van der Waals surface area contributed by atoms with Gasteiger partial charge in [-0.2, -0.15) is 0 Å². The van der Waals surface area contributed by atoms with E-state index in [-0.39, 0.29) is 6.54 Å². The van der Waals surface area contributed by atoms with Gasteiger partial charge in [0, 0.05) is 6.54 Å². The number of urea groups is 1. The summed E-state index contributed by atoms with van der Waals surface area (Å²) >= 11 is 0. The second-order valence-corrected chi connectivity index (χ2v) is 4.15. The van der Waals surface area contributed by atoms with Gasteiger partial charge in [0.2, 0.25) is 0 Å². The molecule has 0 aliphatic heterocycles. The average molecular weight is 280 g/mol. The molecular formula is C14H20N2O4. The van der Waals surface area contributed by atoms with Crippen LogP contribution in [0.15, 0.2) is 18.2 Å². The molecule has 6 nitrogen and oxygen atoms in total. The van der Waals surface area contributed by atoms with Crippen molar-refractivity contribution in [2.45, 2.75) is 20.4 Å². The van der Waals surface area contributed by atoms with Crippen LogP contribution in [0, 0.1) is 6.92 Å². The highest BCUT2D eigenvalue weighted by Gasteiger charge is 2.06. The van der Waals surface area contributed by atoms with Crippen LogP contribution in [0.25, 0.3) is 0 Å². The molecule has 1 aromatic rings. The van der Waals surface area contributed by atoms with Gasteiger partial charge in [0.05, 0.1) is 13.7 Å². The lowest BCUT2D eigenvalue weighted by molar-refractivity contribution is -0.141. The van der Waals surface area contributed by atoms with Crippen LogP contribution in [-0.2, 0) is 16.1 Å². The Bertz CT molecular complexity index is 474. The van der Waals surface area contributed by atoms with Crippen LogP contribution in [0.5, 0.6) is 5.75 Å². The van der Waals surface area contributed by atoms with Crippen LogP contribution in [0.2, 0.25) is 0 Å². The highest BCUT2D eigenvalue weighted by Crippen LogP contribution is 2.18. The number of carbonyl (C=O) groups excluding carboxylic acids is 2. The number of hydrogen-bond acceptors (Lipinski definition) is 4. The molecule has 2 N–H and O–H groups in total. The van der Waals surface area contributed by atoms with E-state index in [1.165, 1.54) is 0 Å². The third-order valence-corrected chi connectivity index (χ3v) is 2.62. The molecule has 0 aromatic heterocycles. The highest BCUT2D eigenvalue weighted by molar-refractivity contribution is 5.80. The fraction of sp³-hybridized carbons (Fsp3) is 0.429. The van der Waals surface area contributed by atoms with Gasteiger partial charge in [0.1, 0.15) is 12.3 Å². The standard InChI is InChI=1S/C14H20N2O4/c1-4-20-13(17)9-16-14(18)15-8-11-6-5-10(2)12(7-11)19-3/h5-7H,4,8-9H2,1-3H3,(H2,15,16,18). The van der Waals surface area contributed by atoms with Crippen molar-refractivity contribution in [2.24, 2.45) is 0 Å². The molecule has 0 saturated heterocycles. The number of nitrogens with one attached hydrogen (secondary N) is 2. The number of methoxy groups -OCH3 is 1. The van der Waals surface area contributed by atoms with Gasteiger partial charge in [-0.3, -0.25) is 4.79 Å². The zero-order valence-corrected chi connectivity index (χ0v) is 12.0. The third-order valence-electron chi connectivity index (χ3n) is 2.62. The van der Waals surface area contributed by atoms with E-state index in [1.807, 2.05) is 25.1 Å². The fourth-order valence-electron chi connectivity index (χ4n) is 1.58. The summed E-state index contributed by atoms with van der Waals surface area (Å²) in [7, 11) is 1.60. The van der Waals surface area contributed by atoms with Gasteiger partial charge in [-0.25, -0.2) is 4.79 Å². The minimum absolute atomic E-state index is 0.142. The first-order chi connectivity index (χ1) is 9.56. The Morgan fingerprint density at radius 1 is 1.25 bits per heavy atom. The first kappa shape index (κ1) is 15.8. The van der Waals surface area contributed by atoms with Crippen LogP contribution in [0.4, 0.5) is 4.79 Å². The molecule has 0 radical (unpaired) electrons. The minimum atomic E-state index is -0.459. The molecule has 110 valence electrons. The van der Waals surface area contributed by atoms with Gasteiger partial charge < -0.3 is 20.1 Å². The van der Waals surface area contributed by atoms with Crippen LogP contribution in [0.1, 0.15) is 18.1 Å². The van der Waals surface area contributed by atoms with Gasteiger partial charge in [-0.15, -0.1) is 0 Å². The molecule has 20 heavy (non-hydrogen) atoms. The van der Waals surface area contributed by atoms with E-state index in [0.29, 0.717) is 13.2 Å². The van der Waals surface area contributed by atoms with Gasteiger partial charge >= 0.3 is 12.0 Å². The monoisotopic (exact) mass is 280 g/mol. The minimum Gasteiger partial charge on any atom is -0.496 e. The maximum Gasteiger partial charge on any atom is 0.325 e. The lowest BCUT2D eigenvalue weighted by atomic mass is 10.1. The van der Waals surface area contributed by atoms with Crippen LogP contribution in [-0.4, -0.2) is 32.3 Å². The zero-order valence-electron chi connectivity index (χ0n) is 12.0. The molecule has 0 atom stereocenters.